The van der Waals surface area contributed by atoms with Crippen LogP contribution in [0.4, 0.5) is 10.5 Å². The van der Waals surface area contributed by atoms with Crippen LogP contribution in [0.25, 0.3) is 0 Å². The molecule has 1 fully saturated rings. The van der Waals surface area contributed by atoms with Crippen molar-refractivity contribution in [1.82, 2.24) is 4.90 Å². The number of anilines is 1. The first kappa shape index (κ1) is 13.0. The summed E-state index contributed by atoms with van der Waals surface area (Å²) < 4.78 is 0. The number of rotatable bonds is 1. The molecule has 1 aliphatic rings. The molecule has 0 aliphatic carbocycles. The van der Waals surface area contributed by atoms with Crippen LogP contribution in [0.5, 0.6) is 5.75 Å². The second-order valence-electron chi connectivity index (χ2n) is 4.77. The van der Waals surface area contributed by atoms with Gasteiger partial charge in [0, 0.05) is 18.8 Å². The minimum absolute atomic E-state index is 0.0152. The number of phenolic OH excluding ortho intramolecular Hbond substituents is 1. The molecule has 1 heterocycles. The van der Waals surface area contributed by atoms with Crippen LogP contribution in [0.15, 0.2) is 18.2 Å². The summed E-state index contributed by atoms with van der Waals surface area (Å²) in [5.74, 6) is 0.707. The fourth-order valence-electron chi connectivity index (χ4n) is 2.00. The van der Waals surface area contributed by atoms with Crippen molar-refractivity contribution in [2.75, 3.05) is 18.4 Å². The fraction of sp³-hybridized carbons (Fsp3) is 0.462. The third-order valence-corrected chi connectivity index (χ3v) is 3.57. The molecular weight excluding hydrogens is 252 g/mol. The number of urea groups is 1. The number of likely N-dealkylation sites (tertiary alicyclic amines) is 1. The molecule has 0 unspecified atom stereocenters. The second kappa shape index (κ2) is 5.48. The Morgan fingerprint density at radius 1 is 1.44 bits per heavy atom. The zero-order valence-electron chi connectivity index (χ0n) is 10.3. The molecule has 1 saturated heterocycles. The van der Waals surface area contributed by atoms with Gasteiger partial charge in [-0.2, -0.15) is 0 Å². The zero-order valence-corrected chi connectivity index (χ0v) is 11.1. The SMILES string of the molecule is CC1CCN(C(=O)Nc2ccc(O)c(Cl)c2)CC1. The molecule has 0 radical (unpaired) electrons. The van der Waals surface area contributed by atoms with E-state index in [-0.39, 0.29) is 16.8 Å². The molecule has 0 atom stereocenters. The number of phenols is 1. The van der Waals surface area contributed by atoms with Crippen molar-refractivity contribution in [2.24, 2.45) is 5.92 Å². The van der Waals surface area contributed by atoms with Crippen molar-refractivity contribution < 1.29 is 9.90 Å². The van der Waals surface area contributed by atoms with Gasteiger partial charge in [0.25, 0.3) is 0 Å². The van der Waals surface area contributed by atoms with Crippen LogP contribution in [0, 0.1) is 5.92 Å². The van der Waals surface area contributed by atoms with E-state index in [1.54, 1.807) is 17.0 Å². The predicted octanol–water partition coefficient (Wildman–Crippen LogP) is 3.31. The number of carbonyl (C=O) groups is 1. The van der Waals surface area contributed by atoms with Gasteiger partial charge in [-0.15, -0.1) is 0 Å². The van der Waals surface area contributed by atoms with Gasteiger partial charge in [-0.1, -0.05) is 18.5 Å². The smallest absolute Gasteiger partial charge is 0.321 e. The molecule has 18 heavy (non-hydrogen) atoms. The Hall–Kier alpha value is -1.42. The highest BCUT2D eigenvalue weighted by molar-refractivity contribution is 6.32. The van der Waals surface area contributed by atoms with Crippen molar-refractivity contribution in [3.63, 3.8) is 0 Å². The van der Waals surface area contributed by atoms with Crippen molar-refractivity contribution in [3.05, 3.63) is 23.2 Å². The number of benzene rings is 1. The number of halogens is 1. The summed E-state index contributed by atoms with van der Waals surface area (Å²) >= 11 is 5.79. The van der Waals surface area contributed by atoms with E-state index >= 15 is 0 Å². The lowest BCUT2D eigenvalue weighted by atomic mass is 10.00. The van der Waals surface area contributed by atoms with Crippen LogP contribution in [0.3, 0.4) is 0 Å². The van der Waals surface area contributed by atoms with Crippen molar-refractivity contribution in [2.45, 2.75) is 19.8 Å². The van der Waals surface area contributed by atoms with Gasteiger partial charge in [0.1, 0.15) is 5.75 Å². The molecule has 5 heteroatoms. The highest BCUT2D eigenvalue weighted by Crippen LogP contribution is 2.26. The molecule has 0 saturated carbocycles. The number of hydrogen-bond donors (Lipinski definition) is 2. The van der Waals surface area contributed by atoms with Gasteiger partial charge in [-0.05, 0) is 37.0 Å². The molecule has 2 amide bonds. The van der Waals surface area contributed by atoms with E-state index in [0.717, 1.165) is 25.9 Å². The Morgan fingerprint density at radius 3 is 2.72 bits per heavy atom. The molecule has 1 aromatic rings. The monoisotopic (exact) mass is 268 g/mol. The van der Waals surface area contributed by atoms with Gasteiger partial charge in [-0.3, -0.25) is 0 Å². The van der Waals surface area contributed by atoms with Gasteiger partial charge in [0.05, 0.1) is 5.02 Å². The van der Waals surface area contributed by atoms with Crippen molar-refractivity contribution >= 4 is 23.3 Å². The molecule has 1 aromatic carbocycles. The van der Waals surface area contributed by atoms with Crippen LogP contribution in [-0.4, -0.2) is 29.1 Å². The third kappa shape index (κ3) is 3.07. The van der Waals surface area contributed by atoms with Gasteiger partial charge in [0.15, 0.2) is 0 Å². The van der Waals surface area contributed by atoms with Gasteiger partial charge < -0.3 is 15.3 Å². The highest BCUT2D eigenvalue weighted by Gasteiger charge is 2.20. The first-order chi connectivity index (χ1) is 8.56. The second-order valence-corrected chi connectivity index (χ2v) is 5.17. The minimum atomic E-state index is -0.108. The van der Waals surface area contributed by atoms with Crippen molar-refractivity contribution in [3.8, 4) is 5.75 Å². The summed E-state index contributed by atoms with van der Waals surface area (Å²) in [6, 6.07) is 4.53. The van der Waals surface area contributed by atoms with E-state index in [2.05, 4.69) is 12.2 Å². The van der Waals surface area contributed by atoms with E-state index in [1.165, 1.54) is 6.07 Å². The molecule has 1 aliphatic heterocycles. The molecule has 2 N–H and O–H groups in total. The summed E-state index contributed by atoms with van der Waals surface area (Å²) in [7, 11) is 0. The quantitative estimate of drug-likeness (QED) is 0.768. The number of hydrogen-bond acceptors (Lipinski definition) is 2. The first-order valence-corrected chi connectivity index (χ1v) is 6.48. The number of nitrogens with one attached hydrogen (secondary N) is 1. The fourth-order valence-corrected chi connectivity index (χ4v) is 2.18. The number of aromatic hydroxyl groups is 1. The molecule has 98 valence electrons. The average molecular weight is 269 g/mol. The van der Waals surface area contributed by atoms with Crippen LogP contribution < -0.4 is 5.32 Å². The molecule has 4 nitrogen and oxygen atoms in total. The lowest BCUT2D eigenvalue weighted by molar-refractivity contribution is 0.186. The molecule has 0 aromatic heterocycles. The topological polar surface area (TPSA) is 52.6 Å². The van der Waals surface area contributed by atoms with Gasteiger partial charge in [0.2, 0.25) is 0 Å². The maximum Gasteiger partial charge on any atom is 0.321 e. The first-order valence-electron chi connectivity index (χ1n) is 6.10. The Bertz CT molecular complexity index is 443. The predicted molar refractivity (Wildman–Crippen MR) is 72.1 cm³/mol. The third-order valence-electron chi connectivity index (χ3n) is 3.27. The van der Waals surface area contributed by atoms with Gasteiger partial charge >= 0.3 is 6.03 Å². The van der Waals surface area contributed by atoms with Crippen LogP contribution >= 0.6 is 11.6 Å². The number of carbonyl (C=O) groups excluding carboxylic acids is 1. The lowest BCUT2D eigenvalue weighted by Gasteiger charge is -2.30. The normalized spacial score (nSPS) is 16.7. The number of amides is 2. The Morgan fingerprint density at radius 2 is 2.11 bits per heavy atom. The van der Waals surface area contributed by atoms with Crippen LogP contribution in [-0.2, 0) is 0 Å². The summed E-state index contributed by atoms with van der Waals surface area (Å²) in [6.07, 6.45) is 2.09. The van der Waals surface area contributed by atoms with E-state index in [4.69, 9.17) is 11.6 Å². The average Bonchev–Trinajstić information content (AvgIpc) is 2.34. The van der Waals surface area contributed by atoms with E-state index < -0.39 is 0 Å². The molecule has 0 spiro atoms. The van der Waals surface area contributed by atoms with E-state index in [1.807, 2.05) is 0 Å². The standard InChI is InChI=1S/C13H17ClN2O2/c1-9-4-6-16(7-5-9)13(18)15-10-2-3-12(17)11(14)8-10/h2-3,8-9,17H,4-7H2,1H3,(H,15,18). The highest BCUT2D eigenvalue weighted by atomic mass is 35.5. The minimum Gasteiger partial charge on any atom is -0.506 e. The summed E-state index contributed by atoms with van der Waals surface area (Å²) in [6.45, 7) is 3.78. The van der Waals surface area contributed by atoms with Crippen molar-refractivity contribution in [1.29, 1.82) is 0 Å². The molecule has 0 bridgehead atoms. The Labute approximate surface area is 112 Å². The van der Waals surface area contributed by atoms with E-state index in [0.29, 0.717) is 11.6 Å². The van der Waals surface area contributed by atoms with E-state index in [9.17, 15) is 9.90 Å². The summed E-state index contributed by atoms with van der Waals surface area (Å²) in [5, 5.41) is 12.3. The zero-order chi connectivity index (χ0) is 13.1. The number of piperidine rings is 1. The van der Waals surface area contributed by atoms with Crippen LogP contribution in [0.1, 0.15) is 19.8 Å². The molecular formula is C13H17ClN2O2. The Balaban J connectivity index is 1.96. The largest absolute Gasteiger partial charge is 0.506 e. The Kier molecular flexibility index (Phi) is 3.97. The maximum atomic E-state index is 12.0. The van der Waals surface area contributed by atoms with Gasteiger partial charge in [-0.25, -0.2) is 4.79 Å². The number of nitrogens with zero attached hydrogens (tertiary/aromatic N) is 1. The van der Waals surface area contributed by atoms with Crippen LogP contribution in [0.2, 0.25) is 5.02 Å². The summed E-state index contributed by atoms with van der Waals surface area (Å²) in [4.78, 5) is 13.8. The lowest BCUT2D eigenvalue weighted by Crippen LogP contribution is -2.40. The maximum absolute atomic E-state index is 12.0. The summed E-state index contributed by atoms with van der Waals surface area (Å²) in [5.41, 5.74) is 0.599. The molecule has 2 rings (SSSR count).